The third-order valence-electron chi connectivity index (χ3n) is 2.71. The van der Waals surface area contributed by atoms with Crippen molar-refractivity contribution < 1.29 is 9.47 Å². The molecule has 0 heterocycles. The van der Waals surface area contributed by atoms with Crippen molar-refractivity contribution in [2.24, 2.45) is 5.73 Å². The standard InChI is InChI=1S/C14H23NO2/c1-11(2)17-13-7-5-12(6-8-13)14(3,15)9-10-16-4/h5-8,11H,9-10,15H2,1-4H3. The van der Waals surface area contributed by atoms with E-state index in [0.717, 1.165) is 17.7 Å². The predicted octanol–water partition coefficient (Wildman–Crippen LogP) is 2.68. The van der Waals surface area contributed by atoms with Crippen molar-refractivity contribution in [3.63, 3.8) is 0 Å². The fourth-order valence-corrected chi connectivity index (χ4v) is 1.64. The molecule has 1 aromatic rings. The Labute approximate surface area is 104 Å². The normalized spacial score (nSPS) is 14.7. The summed E-state index contributed by atoms with van der Waals surface area (Å²) in [7, 11) is 1.69. The average molecular weight is 237 g/mol. The van der Waals surface area contributed by atoms with E-state index in [2.05, 4.69) is 0 Å². The van der Waals surface area contributed by atoms with Gasteiger partial charge >= 0.3 is 0 Å². The molecule has 0 aromatic heterocycles. The smallest absolute Gasteiger partial charge is 0.119 e. The summed E-state index contributed by atoms with van der Waals surface area (Å²) in [5.41, 5.74) is 7.00. The van der Waals surface area contributed by atoms with Gasteiger partial charge in [0, 0.05) is 19.3 Å². The monoisotopic (exact) mass is 237 g/mol. The van der Waals surface area contributed by atoms with Crippen LogP contribution in [0.25, 0.3) is 0 Å². The molecule has 2 N–H and O–H groups in total. The van der Waals surface area contributed by atoms with Gasteiger partial charge in [0.2, 0.25) is 0 Å². The zero-order valence-corrected chi connectivity index (χ0v) is 11.2. The summed E-state index contributed by atoms with van der Waals surface area (Å²) in [6.07, 6.45) is 0.993. The van der Waals surface area contributed by atoms with Crippen LogP contribution < -0.4 is 10.5 Å². The quantitative estimate of drug-likeness (QED) is 0.827. The van der Waals surface area contributed by atoms with Crippen LogP contribution in [0.15, 0.2) is 24.3 Å². The molecule has 96 valence electrons. The van der Waals surface area contributed by atoms with Gasteiger partial charge in [-0.15, -0.1) is 0 Å². The minimum Gasteiger partial charge on any atom is -0.491 e. The number of nitrogens with two attached hydrogens (primary N) is 1. The van der Waals surface area contributed by atoms with Crippen LogP contribution in [-0.4, -0.2) is 19.8 Å². The van der Waals surface area contributed by atoms with E-state index in [4.69, 9.17) is 15.2 Å². The lowest BCUT2D eigenvalue weighted by Gasteiger charge is -2.25. The summed E-state index contributed by atoms with van der Waals surface area (Å²) in [5, 5.41) is 0. The van der Waals surface area contributed by atoms with Crippen LogP contribution in [0, 0.1) is 0 Å². The summed E-state index contributed by atoms with van der Waals surface area (Å²) in [4.78, 5) is 0. The number of benzene rings is 1. The molecule has 0 bridgehead atoms. The molecular weight excluding hydrogens is 214 g/mol. The highest BCUT2D eigenvalue weighted by Gasteiger charge is 2.20. The summed E-state index contributed by atoms with van der Waals surface area (Å²) in [5.74, 6) is 0.881. The van der Waals surface area contributed by atoms with Gasteiger partial charge in [-0.3, -0.25) is 0 Å². The molecule has 3 nitrogen and oxygen atoms in total. The second-order valence-corrected chi connectivity index (χ2v) is 4.85. The molecule has 0 saturated heterocycles. The maximum absolute atomic E-state index is 6.25. The summed E-state index contributed by atoms with van der Waals surface area (Å²) < 4.78 is 10.7. The van der Waals surface area contributed by atoms with E-state index in [1.807, 2.05) is 45.0 Å². The Balaban J connectivity index is 2.72. The van der Waals surface area contributed by atoms with E-state index in [9.17, 15) is 0 Å². The van der Waals surface area contributed by atoms with Gasteiger partial charge in [0.05, 0.1) is 6.10 Å². The third kappa shape index (κ3) is 4.36. The molecule has 0 saturated carbocycles. The molecule has 0 aliphatic rings. The van der Waals surface area contributed by atoms with E-state index in [1.54, 1.807) is 7.11 Å². The highest BCUT2D eigenvalue weighted by Crippen LogP contribution is 2.24. The van der Waals surface area contributed by atoms with Crippen LogP contribution in [0.4, 0.5) is 0 Å². The first-order valence-corrected chi connectivity index (χ1v) is 6.01. The fourth-order valence-electron chi connectivity index (χ4n) is 1.64. The summed E-state index contributed by atoms with van der Waals surface area (Å²) in [6, 6.07) is 7.97. The van der Waals surface area contributed by atoms with Crippen molar-refractivity contribution in [2.45, 2.75) is 38.8 Å². The number of ether oxygens (including phenoxy) is 2. The molecular formula is C14H23NO2. The number of hydrogen-bond donors (Lipinski definition) is 1. The number of hydrogen-bond acceptors (Lipinski definition) is 3. The minimum atomic E-state index is -0.355. The number of methoxy groups -OCH3 is 1. The van der Waals surface area contributed by atoms with Gasteiger partial charge < -0.3 is 15.2 Å². The number of rotatable bonds is 6. The highest BCUT2D eigenvalue weighted by atomic mass is 16.5. The van der Waals surface area contributed by atoms with Gasteiger partial charge in [0.15, 0.2) is 0 Å². The zero-order valence-electron chi connectivity index (χ0n) is 11.2. The molecule has 1 unspecified atom stereocenters. The van der Waals surface area contributed by atoms with Crippen LogP contribution in [0.2, 0.25) is 0 Å². The van der Waals surface area contributed by atoms with E-state index in [1.165, 1.54) is 0 Å². The molecule has 1 atom stereocenters. The fraction of sp³-hybridized carbons (Fsp3) is 0.571. The molecule has 0 aliphatic carbocycles. The van der Waals surface area contributed by atoms with E-state index in [0.29, 0.717) is 6.61 Å². The lowest BCUT2D eigenvalue weighted by Crippen LogP contribution is -2.34. The second kappa shape index (κ2) is 6.03. The van der Waals surface area contributed by atoms with Gasteiger partial charge in [-0.05, 0) is 44.9 Å². The first-order valence-electron chi connectivity index (χ1n) is 6.01. The van der Waals surface area contributed by atoms with Crippen LogP contribution in [0.1, 0.15) is 32.8 Å². The molecule has 3 heteroatoms. The van der Waals surface area contributed by atoms with Crippen LogP contribution in [0.3, 0.4) is 0 Å². The first-order chi connectivity index (χ1) is 7.95. The van der Waals surface area contributed by atoms with Gasteiger partial charge in [0.25, 0.3) is 0 Å². The highest BCUT2D eigenvalue weighted by molar-refractivity contribution is 5.31. The van der Waals surface area contributed by atoms with Crippen molar-refractivity contribution in [1.82, 2.24) is 0 Å². The van der Waals surface area contributed by atoms with Crippen LogP contribution in [0.5, 0.6) is 5.75 Å². The Hall–Kier alpha value is -1.06. The van der Waals surface area contributed by atoms with E-state index >= 15 is 0 Å². The Kier molecular flexibility index (Phi) is 4.97. The van der Waals surface area contributed by atoms with Gasteiger partial charge in [-0.1, -0.05) is 12.1 Å². The molecule has 1 rings (SSSR count). The SMILES string of the molecule is COCCC(C)(N)c1ccc(OC(C)C)cc1. The minimum absolute atomic E-state index is 0.193. The lowest BCUT2D eigenvalue weighted by atomic mass is 9.90. The molecule has 17 heavy (non-hydrogen) atoms. The van der Waals surface area contributed by atoms with E-state index in [-0.39, 0.29) is 11.6 Å². The van der Waals surface area contributed by atoms with Gasteiger partial charge in [0.1, 0.15) is 5.75 Å². The van der Waals surface area contributed by atoms with Crippen molar-refractivity contribution in [3.05, 3.63) is 29.8 Å². The molecule has 0 radical (unpaired) electrons. The van der Waals surface area contributed by atoms with Crippen molar-refractivity contribution in [1.29, 1.82) is 0 Å². The Morgan fingerprint density at radius 2 is 1.82 bits per heavy atom. The van der Waals surface area contributed by atoms with Gasteiger partial charge in [-0.2, -0.15) is 0 Å². The van der Waals surface area contributed by atoms with Gasteiger partial charge in [-0.25, -0.2) is 0 Å². The molecule has 0 spiro atoms. The zero-order chi connectivity index (χ0) is 12.9. The molecule has 0 fully saturated rings. The molecule has 0 amide bonds. The summed E-state index contributed by atoms with van der Waals surface area (Å²) in [6.45, 7) is 6.71. The third-order valence-corrected chi connectivity index (χ3v) is 2.71. The van der Waals surface area contributed by atoms with Crippen LogP contribution >= 0.6 is 0 Å². The Bertz CT molecular complexity index is 331. The molecule has 0 aliphatic heterocycles. The van der Waals surface area contributed by atoms with Crippen molar-refractivity contribution in [2.75, 3.05) is 13.7 Å². The maximum Gasteiger partial charge on any atom is 0.119 e. The molecule has 1 aromatic carbocycles. The largest absolute Gasteiger partial charge is 0.491 e. The average Bonchev–Trinajstić information content (AvgIpc) is 2.26. The van der Waals surface area contributed by atoms with E-state index < -0.39 is 0 Å². The maximum atomic E-state index is 6.25. The first kappa shape index (κ1) is 14.0. The topological polar surface area (TPSA) is 44.5 Å². The van der Waals surface area contributed by atoms with Crippen molar-refractivity contribution in [3.8, 4) is 5.75 Å². The van der Waals surface area contributed by atoms with Crippen LogP contribution in [-0.2, 0) is 10.3 Å². The lowest BCUT2D eigenvalue weighted by molar-refractivity contribution is 0.172. The Morgan fingerprint density at radius 1 is 1.24 bits per heavy atom. The predicted molar refractivity (Wildman–Crippen MR) is 70.2 cm³/mol. The van der Waals surface area contributed by atoms with Crippen molar-refractivity contribution >= 4 is 0 Å². The Morgan fingerprint density at radius 3 is 2.29 bits per heavy atom. The second-order valence-electron chi connectivity index (χ2n) is 4.85. The summed E-state index contributed by atoms with van der Waals surface area (Å²) >= 11 is 0.